The number of aliphatic carboxylic acids is 1. The van der Waals surface area contributed by atoms with Crippen LogP contribution in [-0.2, 0) is 17.6 Å². The predicted octanol–water partition coefficient (Wildman–Crippen LogP) is 5.92. The molecule has 7 nitrogen and oxygen atoms in total. The maximum Gasteiger partial charge on any atom is 0.416 e. The number of carboxylic acid groups (broad SMARTS) is 1. The summed E-state index contributed by atoms with van der Waals surface area (Å²) in [5, 5.41) is 13.4. The molecule has 0 saturated heterocycles. The van der Waals surface area contributed by atoms with E-state index in [4.69, 9.17) is 19.3 Å². The first-order valence-corrected chi connectivity index (χ1v) is 11.1. The van der Waals surface area contributed by atoms with Crippen molar-refractivity contribution in [2.24, 2.45) is 0 Å². The van der Waals surface area contributed by atoms with E-state index in [2.05, 4.69) is 5.10 Å². The summed E-state index contributed by atoms with van der Waals surface area (Å²) in [6.07, 6.45) is -4.44. The van der Waals surface area contributed by atoms with Gasteiger partial charge >= 0.3 is 12.1 Å². The van der Waals surface area contributed by atoms with Gasteiger partial charge in [0.2, 0.25) is 0 Å². The zero-order valence-electron chi connectivity index (χ0n) is 20.0. The second-order valence-electron chi connectivity index (χ2n) is 8.10. The number of ether oxygens (including phenoxy) is 3. The molecule has 1 N–H and O–H groups in total. The number of methoxy groups -OCH3 is 1. The Morgan fingerprint density at radius 2 is 1.62 bits per heavy atom. The van der Waals surface area contributed by atoms with Crippen LogP contribution in [0.15, 0.2) is 72.8 Å². The molecule has 4 aromatic rings. The maximum atomic E-state index is 13.1. The third kappa shape index (κ3) is 6.21. The number of aromatic nitrogens is 2. The van der Waals surface area contributed by atoms with Gasteiger partial charge in [0.1, 0.15) is 29.5 Å². The van der Waals surface area contributed by atoms with Crippen LogP contribution in [0.4, 0.5) is 13.2 Å². The van der Waals surface area contributed by atoms with Crippen LogP contribution in [-0.4, -0.2) is 34.6 Å². The SMILES string of the molecule is COc1ccc(-c2cc(COc3ccc(OCC(=O)O)c(C)c3)nn2-c2ccc(C(F)(F)F)cc2)cc1. The highest BCUT2D eigenvalue weighted by atomic mass is 19.4. The number of rotatable bonds is 9. The van der Waals surface area contributed by atoms with Crippen LogP contribution in [0.25, 0.3) is 16.9 Å². The molecule has 1 aromatic heterocycles. The number of aryl methyl sites for hydroxylation is 1. The fourth-order valence-electron chi connectivity index (χ4n) is 3.63. The molecule has 10 heteroatoms. The molecule has 0 aliphatic heterocycles. The molecule has 0 aliphatic carbocycles. The third-order valence-corrected chi connectivity index (χ3v) is 5.47. The largest absolute Gasteiger partial charge is 0.497 e. The summed E-state index contributed by atoms with van der Waals surface area (Å²) in [5.74, 6) is 0.549. The monoisotopic (exact) mass is 512 g/mol. The molecule has 0 aliphatic rings. The number of nitrogens with zero attached hydrogens (tertiary/aromatic N) is 2. The molecule has 4 rings (SSSR count). The van der Waals surface area contributed by atoms with E-state index < -0.39 is 24.3 Å². The molecule has 3 aromatic carbocycles. The summed E-state index contributed by atoms with van der Waals surface area (Å²) in [6, 6.07) is 18.8. The summed E-state index contributed by atoms with van der Waals surface area (Å²) >= 11 is 0. The van der Waals surface area contributed by atoms with Gasteiger partial charge in [0.15, 0.2) is 6.61 Å². The van der Waals surface area contributed by atoms with Crippen molar-refractivity contribution in [3.8, 4) is 34.2 Å². The molecule has 37 heavy (non-hydrogen) atoms. The van der Waals surface area contributed by atoms with E-state index in [-0.39, 0.29) is 6.61 Å². The number of hydrogen-bond acceptors (Lipinski definition) is 5. The Balaban J connectivity index is 1.60. The lowest BCUT2D eigenvalue weighted by molar-refractivity contribution is -0.139. The summed E-state index contributed by atoms with van der Waals surface area (Å²) in [4.78, 5) is 10.7. The quantitative estimate of drug-likeness (QED) is 0.300. The van der Waals surface area contributed by atoms with Crippen LogP contribution >= 0.6 is 0 Å². The Morgan fingerprint density at radius 3 is 2.22 bits per heavy atom. The minimum atomic E-state index is -4.44. The number of carboxylic acids is 1. The predicted molar refractivity (Wildman–Crippen MR) is 129 cm³/mol. The van der Waals surface area contributed by atoms with Gasteiger partial charge in [-0.3, -0.25) is 0 Å². The summed E-state index contributed by atoms with van der Waals surface area (Å²) in [7, 11) is 1.56. The van der Waals surface area contributed by atoms with Crippen LogP contribution in [0.2, 0.25) is 0 Å². The molecule has 0 amide bonds. The van der Waals surface area contributed by atoms with Gasteiger partial charge in [-0.2, -0.15) is 18.3 Å². The van der Waals surface area contributed by atoms with E-state index in [1.165, 1.54) is 12.1 Å². The second kappa shape index (κ2) is 10.7. The Morgan fingerprint density at radius 1 is 0.946 bits per heavy atom. The highest BCUT2D eigenvalue weighted by molar-refractivity contribution is 5.68. The summed E-state index contributed by atoms with van der Waals surface area (Å²) in [5.41, 5.74) is 2.41. The van der Waals surface area contributed by atoms with Crippen molar-refractivity contribution in [3.63, 3.8) is 0 Å². The van der Waals surface area contributed by atoms with Crippen molar-refractivity contribution in [2.45, 2.75) is 19.7 Å². The van der Waals surface area contributed by atoms with Crippen molar-refractivity contribution in [3.05, 3.63) is 89.6 Å². The van der Waals surface area contributed by atoms with Crippen LogP contribution < -0.4 is 14.2 Å². The fraction of sp³-hybridized carbons (Fsp3) is 0.185. The summed E-state index contributed by atoms with van der Waals surface area (Å²) < 4.78 is 57.0. The number of benzene rings is 3. The molecule has 0 bridgehead atoms. The molecular formula is C27H23F3N2O5. The first-order chi connectivity index (χ1) is 17.6. The molecule has 0 radical (unpaired) electrons. The maximum absolute atomic E-state index is 13.1. The highest BCUT2D eigenvalue weighted by Crippen LogP contribution is 2.31. The van der Waals surface area contributed by atoms with Gasteiger partial charge < -0.3 is 19.3 Å². The molecule has 0 saturated carbocycles. The van der Waals surface area contributed by atoms with Crippen LogP contribution in [0.5, 0.6) is 17.2 Å². The van der Waals surface area contributed by atoms with E-state index in [0.717, 1.165) is 17.7 Å². The molecule has 1 heterocycles. The van der Waals surface area contributed by atoms with E-state index in [1.807, 2.05) is 12.1 Å². The van der Waals surface area contributed by atoms with Gasteiger partial charge in [0, 0.05) is 5.56 Å². The van der Waals surface area contributed by atoms with E-state index in [1.54, 1.807) is 55.1 Å². The highest BCUT2D eigenvalue weighted by Gasteiger charge is 2.30. The number of hydrogen-bond donors (Lipinski definition) is 1. The average molecular weight is 512 g/mol. The Kier molecular flexibility index (Phi) is 7.37. The molecule has 0 fully saturated rings. The third-order valence-electron chi connectivity index (χ3n) is 5.47. The van der Waals surface area contributed by atoms with Gasteiger partial charge in [-0.25, -0.2) is 9.48 Å². The number of halogens is 3. The first kappa shape index (κ1) is 25.6. The topological polar surface area (TPSA) is 82.8 Å². The van der Waals surface area contributed by atoms with Gasteiger partial charge in [0.05, 0.1) is 24.1 Å². The average Bonchev–Trinajstić information content (AvgIpc) is 3.31. The Labute approximate surface area is 210 Å². The Hall–Kier alpha value is -4.47. The van der Waals surface area contributed by atoms with Crippen molar-refractivity contribution in [1.29, 1.82) is 0 Å². The summed E-state index contributed by atoms with van der Waals surface area (Å²) in [6.45, 7) is 1.41. The van der Waals surface area contributed by atoms with Crippen molar-refractivity contribution in [2.75, 3.05) is 13.7 Å². The van der Waals surface area contributed by atoms with Crippen LogP contribution in [0, 0.1) is 6.92 Å². The number of alkyl halides is 3. The zero-order chi connectivity index (χ0) is 26.6. The molecule has 192 valence electrons. The number of carbonyl (C=O) groups is 1. The first-order valence-electron chi connectivity index (χ1n) is 11.1. The van der Waals surface area contributed by atoms with Gasteiger partial charge in [0.25, 0.3) is 0 Å². The van der Waals surface area contributed by atoms with Gasteiger partial charge in [-0.05, 0) is 85.3 Å². The van der Waals surface area contributed by atoms with E-state index >= 15 is 0 Å². The molecule has 0 spiro atoms. The van der Waals surface area contributed by atoms with Crippen molar-refractivity contribution < 1.29 is 37.3 Å². The molecule has 0 unspecified atom stereocenters. The van der Waals surface area contributed by atoms with E-state index in [0.29, 0.717) is 39.9 Å². The standard InChI is InChI=1S/C27H23F3N2O5/c1-17-13-23(11-12-25(17)37-16-26(33)34)36-15-20-14-24(18-3-9-22(35-2)10-4-18)32(31-20)21-7-5-19(6-8-21)27(28,29)30/h3-14H,15-16H2,1-2H3,(H,33,34). The van der Waals surface area contributed by atoms with Crippen molar-refractivity contribution >= 4 is 5.97 Å². The van der Waals surface area contributed by atoms with E-state index in [9.17, 15) is 18.0 Å². The van der Waals surface area contributed by atoms with Crippen LogP contribution in [0.3, 0.4) is 0 Å². The zero-order valence-corrected chi connectivity index (χ0v) is 20.0. The lowest BCUT2D eigenvalue weighted by atomic mass is 10.1. The minimum absolute atomic E-state index is 0.0888. The lowest BCUT2D eigenvalue weighted by Crippen LogP contribution is -2.10. The lowest BCUT2D eigenvalue weighted by Gasteiger charge is -2.11. The van der Waals surface area contributed by atoms with Gasteiger partial charge in [-0.15, -0.1) is 0 Å². The smallest absolute Gasteiger partial charge is 0.416 e. The molecular weight excluding hydrogens is 489 g/mol. The van der Waals surface area contributed by atoms with Gasteiger partial charge in [-0.1, -0.05) is 0 Å². The fourth-order valence-corrected chi connectivity index (χ4v) is 3.63. The molecule has 0 atom stereocenters. The van der Waals surface area contributed by atoms with Crippen LogP contribution in [0.1, 0.15) is 16.8 Å². The van der Waals surface area contributed by atoms with Crippen molar-refractivity contribution in [1.82, 2.24) is 9.78 Å². The minimum Gasteiger partial charge on any atom is -0.497 e. The normalized spacial score (nSPS) is 11.3. The second-order valence-corrected chi connectivity index (χ2v) is 8.10. The Bertz CT molecular complexity index is 1380.